The van der Waals surface area contributed by atoms with Crippen LogP contribution >= 0.6 is 27.3 Å². The van der Waals surface area contributed by atoms with Gasteiger partial charge < -0.3 is 0 Å². The zero-order chi connectivity index (χ0) is 8.39. The quantitative estimate of drug-likeness (QED) is 0.717. The fourth-order valence-corrected chi connectivity index (χ4v) is 2.13. The Morgan fingerprint density at radius 3 is 2.83 bits per heavy atom. The maximum atomic E-state index is 3.76. The Kier molecular flexibility index (Phi) is 2.18. The smallest absolute Gasteiger partial charge is 0.136 e. The summed E-state index contributed by atoms with van der Waals surface area (Å²) in [5, 5.41) is 11.5. The van der Waals surface area contributed by atoms with Gasteiger partial charge in [-0.3, -0.25) is 0 Å². The number of thiophene rings is 1. The molecule has 0 N–H and O–H groups in total. The summed E-state index contributed by atoms with van der Waals surface area (Å²) in [4.78, 5) is 2.25. The highest BCUT2D eigenvalue weighted by atomic mass is 79.9. The Morgan fingerprint density at radius 1 is 1.33 bits per heavy atom. The first kappa shape index (κ1) is 7.88. The molecule has 0 aliphatic carbocycles. The van der Waals surface area contributed by atoms with Gasteiger partial charge in [-0.25, -0.2) is 0 Å². The van der Waals surface area contributed by atoms with Crippen LogP contribution in [0, 0.1) is 0 Å². The third-order valence-electron chi connectivity index (χ3n) is 1.33. The van der Waals surface area contributed by atoms with E-state index in [-0.39, 0.29) is 0 Å². The highest BCUT2D eigenvalue weighted by Gasteiger charge is 2.11. The number of hydrogen-bond acceptors (Lipinski definition) is 4. The van der Waals surface area contributed by atoms with Gasteiger partial charge in [-0.15, -0.1) is 21.9 Å². The highest BCUT2D eigenvalue weighted by molar-refractivity contribution is 9.08. The summed E-state index contributed by atoms with van der Waals surface area (Å²) in [7, 11) is 0. The van der Waals surface area contributed by atoms with Crippen LogP contribution in [-0.2, 0) is 5.33 Å². The number of nitrogens with zero attached hydrogens (tertiary/aromatic N) is 4. The Balaban J connectivity index is 2.23. The fourth-order valence-electron chi connectivity index (χ4n) is 0.813. The van der Waals surface area contributed by atoms with E-state index in [0.29, 0.717) is 5.84 Å². The average molecular weight is 244 g/mol. The normalized spacial score (nSPS) is 14.6. The lowest BCUT2D eigenvalue weighted by Crippen LogP contribution is -2.04. The van der Waals surface area contributed by atoms with Crippen LogP contribution in [0.4, 0.5) is 0 Å². The van der Waals surface area contributed by atoms with Crippen molar-refractivity contribution in [2.24, 2.45) is 15.5 Å². The Morgan fingerprint density at radius 2 is 2.25 bits per heavy atom. The van der Waals surface area contributed by atoms with Gasteiger partial charge in [0.05, 0.1) is 4.88 Å². The standard InChI is InChI=1S/C6H4BrN4S/c7-3-4-1-2-5(12-4)6-8-10-11-9-6/h1-2H,3H2. The van der Waals surface area contributed by atoms with Crippen molar-refractivity contribution >= 4 is 33.1 Å². The first-order valence-electron chi connectivity index (χ1n) is 3.24. The Labute approximate surface area is 81.5 Å². The molecule has 0 bridgehead atoms. The van der Waals surface area contributed by atoms with Gasteiger partial charge in [0, 0.05) is 10.2 Å². The van der Waals surface area contributed by atoms with Crippen LogP contribution in [0.2, 0.25) is 0 Å². The molecule has 0 fully saturated rings. The van der Waals surface area contributed by atoms with Crippen LogP contribution in [0.1, 0.15) is 9.75 Å². The van der Waals surface area contributed by atoms with Crippen LogP contribution in [0.15, 0.2) is 27.7 Å². The van der Waals surface area contributed by atoms with E-state index in [1.54, 1.807) is 11.3 Å². The van der Waals surface area contributed by atoms with Gasteiger partial charge in [0.2, 0.25) is 5.84 Å². The molecule has 1 aromatic rings. The van der Waals surface area contributed by atoms with Crippen molar-refractivity contribution in [2.75, 3.05) is 0 Å². The van der Waals surface area contributed by atoms with E-state index in [9.17, 15) is 0 Å². The molecule has 0 saturated carbocycles. The summed E-state index contributed by atoms with van der Waals surface area (Å²) in [6.07, 6.45) is 0. The maximum absolute atomic E-state index is 3.76. The molecule has 4 nitrogen and oxygen atoms in total. The second-order valence-corrected chi connectivity index (χ2v) is 3.83. The second kappa shape index (κ2) is 3.32. The molecule has 1 aliphatic rings. The first-order chi connectivity index (χ1) is 5.90. The summed E-state index contributed by atoms with van der Waals surface area (Å²) in [6.45, 7) is 0. The molecule has 0 amide bonds. The lowest BCUT2D eigenvalue weighted by atomic mass is 10.4. The van der Waals surface area contributed by atoms with Crippen molar-refractivity contribution in [1.29, 1.82) is 0 Å². The Hall–Kier alpha value is -0.750. The van der Waals surface area contributed by atoms with Gasteiger partial charge in [-0.05, 0) is 22.6 Å². The van der Waals surface area contributed by atoms with E-state index in [2.05, 4.69) is 36.9 Å². The third-order valence-corrected chi connectivity index (χ3v) is 3.39. The molecule has 0 spiro atoms. The van der Waals surface area contributed by atoms with Crippen LogP contribution in [0.5, 0.6) is 0 Å². The molecule has 61 valence electrons. The summed E-state index contributed by atoms with van der Waals surface area (Å²) in [5.41, 5.74) is 3.76. The van der Waals surface area contributed by atoms with E-state index in [1.807, 2.05) is 12.1 Å². The number of rotatable bonds is 2. The number of alkyl halides is 1. The summed E-state index contributed by atoms with van der Waals surface area (Å²) in [5.74, 6) is 0.604. The molecule has 12 heavy (non-hydrogen) atoms. The molecule has 1 aromatic heterocycles. The van der Waals surface area contributed by atoms with Crippen LogP contribution in [0.3, 0.4) is 0 Å². The largest absolute Gasteiger partial charge is 0.217 e. The monoisotopic (exact) mass is 243 g/mol. The summed E-state index contributed by atoms with van der Waals surface area (Å²) >= 11 is 5.01. The van der Waals surface area contributed by atoms with Crippen molar-refractivity contribution in [3.8, 4) is 0 Å². The van der Waals surface area contributed by atoms with Gasteiger partial charge >= 0.3 is 0 Å². The minimum Gasteiger partial charge on any atom is -0.136 e. The molecule has 0 unspecified atom stereocenters. The van der Waals surface area contributed by atoms with Gasteiger partial charge in [0.15, 0.2) is 0 Å². The van der Waals surface area contributed by atoms with Crippen molar-refractivity contribution < 1.29 is 0 Å². The van der Waals surface area contributed by atoms with Gasteiger partial charge in [-0.1, -0.05) is 15.9 Å². The maximum Gasteiger partial charge on any atom is 0.217 e. The van der Waals surface area contributed by atoms with Gasteiger partial charge in [0.25, 0.3) is 0 Å². The molecule has 2 rings (SSSR count). The molecular formula is C6H4BrN4S. The molecule has 0 saturated heterocycles. The predicted molar refractivity (Wildman–Crippen MR) is 50.5 cm³/mol. The molecular weight excluding hydrogens is 240 g/mol. The molecule has 0 aromatic carbocycles. The van der Waals surface area contributed by atoms with Gasteiger partial charge in [-0.2, -0.15) is 0 Å². The third kappa shape index (κ3) is 1.39. The van der Waals surface area contributed by atoms with Crippen molar-refractivity contribution in [3.05, 3.63) is 21.9 Å². The first-order valence-corrected chi connectivity index (χ1v) is 5.17. The number of halogens is 1. The highest BCUT2D eigenvalue weighted by Crippen LogP contribution is 2.20. The number of hydrogen-bond donors (Lipinski definition) is 0. The van der Waals surface area contributed by atoms with Crippen molar-refractivity contribution in [2.45, 2.75) is 5.33 Å². The fraction of sp³-hybridized carbons (Fsp3) is 0.167. The lowest BCUT2D eigenvalue weighted by Gasteiger charge is -1.87. The minimum absolute atomic E-state index is 0.604. The van der Waals surface area contributed by atoms with Crippen molar-refractivity contribution in [3.63, 3.8) is 0 Å². The predicted octanol–water partition coefficient (Wildman–Crippen LogP) is 2.29. The van der Waals surface area contributed by atoms with Crippen molar-refractivity contribution in [1.82, 2.24) is 5.43 Å². The van der Waals surface area contributed by atoms with Crippen LogP contribution in [0.25, 0.3) is 0 Å². The molecule has 6 heteroatoms. The van der Waals surface area contributed by atoms with Gasteiger partial charge in [0.1, 0.15) is 0 Å². The topological polar surface area (TPSA) is 51.2 Å². The average Bonchev–Trinajstić information content (AvgIpc) is 2.75. The van der Waals surface area contributed by atoms with Crippen LogP contribution in [-0.4, -0.2) is 5.84 Å². The molecule has 1 radical (unpaired) electrons. The number of amidine groups is 1. The Bertz CT molecular complexity index is 343. The molecule has 0 atom stereocenters. The zero-order valence-electron chi connectivity index (χ0n) is 5.94. The van der Waals surface area contributed by atoms with Crippen LogP contribution < -0.4 is 5.43 Å². The minimum atomic E-state index is 0.604. The SMILES string of the molecule is BrCc1ccc(C2=NN=N[N]2)s1. The summed E-state index contributed by atoms with van der Waals surface area (Å²) in [6, 6.07) is 4.01. The van der Waals surface area contributed by atoms with E-state index in [4.69, 9.17) is 0 Å². The van der Waals surface area contributed by atoms with E-state index in [0.717, 1.165) is 10.2 Å². The second-order valence-electron chi connectivity index (χ2n) is 2.10. The molecule has 1 aliphatic heterocycles. The summed E-state index contributed by atoms with van der Waals surface area (Å²) < 4.78 is 0. The van der Waals surface area contributed by atoms with E-state index in [1.165, 1.54) is 4.88 Å². The van der Waals surface area contributed by atoms with E-state index >= 15 is 0 Å². The van der Waals surface area contributed by atoms with E-state index < -0.39 is 0 Å². The molecule has 2 heterocycles. The lowest BCUT2D eigenvalue weighted by molar-refractivity contribution is 0.924. The zero-order valence-corrected chi connectivity index (χ0v) is 8.34.